The van der Waals surface area contributed by atoms with Crippen molar-refractivity contribution in [3.8, 4) is 5.75 Å². The molecule has 88 valence electrons. The summed E-state index contributed by atoms with van der Waals surface area (Å²) in [6.07, 6.45) is 3.56. The third kappa shape index (κ3) is 2.69. The van der Waals surface area contributed by atoms with E-state index in [0.717, 1.165) is 19.5 Å². The molecule has 0 amide bonds. The zero-order valence-electron chi connectivity index (χ0n) is 9.59. The lowest BCUT2D eigenvalue weighted by atomic mass is 9.90. The number of halogens is 1. The third-order valence-corrected chi connectivity index (χ3v) is 3.62. The highest BCUT2D eigenvalue weighted by Gasteiger charge is 2.15. The molecule has 16 heavy (non-hydrogen) atoms. The predicted molar refractivity (Wildman–Crippen MR) is 67.2 cm³/mol. The Morgan fingerprint density at radius 3 is 3.00 bits per heavy atom. The molecule has 0 spiro atoms. The van der Waals surface area contributed by atoms with E-state index < -0.39 is 0 Å². The summed E-state index contributed by atoms with van der Waals surface area (Å²) >= 11 is 5.87. The zero-order chi connectivity index (χ0) is 11.5. The topological polar surface area (TPSA) is 32.3 Å². The molecule has 0 saturated carbocycles. The van der Waals surface area contributed by atoms with E-state index in [9.17, 15) is 5.11 Å². The standard InChI is InChI=1S/C13H18ClNO/c1-9-5-12(14)13(16)7-11(9)6-10-3-2-4-15-8-10/h5,7,10,15-16H,2-4,6,8H2,1H3. The molecule has 0 bridgehead atoms. The van der Waals surface area contributed by atoms with Crippen LogP contribution >= 0.6 is 11.6 Å². The molecule has 1 fully saturated rings. The molecule has 2 nitrogen and oxygen atoms in total. The summed E-state index contributed by atoms with van der Waals surface area (Å²) in [6, 6.07) is 3.66. The normalized spacial score (nSPS) is 21.0. The van der Waals surface area contributed by atoms with Gasteiger partial charge in [0.25, 0.3) is 0 Å². The highest BCUT2D eigenvalue weighted by Crippen LogP contribution is 2.29. The number of nitrogens with one attached hydrogen (secondary N) is 1. The number of hydrogen-bond acceptors (Lipinski definition) is 2. The maximum absolute atomic E-state index is 9.61. The number of piperidine rings is 1. The summed E-state index contributed by atoms with van der Waals surface area (Å²) in [4.78, 5) is 0. The first-order valence-electron chi connectivity index (χ1n) is 5.85. The minimum Gasteiger partial charge on any atom is -0.506 e. The van der Waals surface area contributed by atoms with Gasteiger partial charge in [-0.3, -0.25) is 0 Å². The molecule has 2 rings (SSSR count). The van der Waals surface area contributed by atoms with E-state index in [1.807, 2.05) is 12.1 Å². The van der Waals surface area contributed by atoms with E-state index >= 15 is 0 Å². The molecular weight excluding hydrogens is 222 g/mol. The van der Waals surface area contributed by atoms with E-state index in [0.29, 0.717) is 10.9 Å². The SMILES string of the molecule is Cc1cc(Cl)c(O)cc1CC1CCCNC1. The summed E-state index contributed by atoms with van der Waals surface area (Å²) < 4.78 is 0. The molecule has 3 heteroatoms. The van der Waals surface area contributed by atoms with Crippen molar-refractivity contribution in [3.63, 3.8) is 0 Å². The second-order valence-electron chi connectivity index (χ2n) is 4.65. The average molecular weight is 240 g/mol. The van der Waals surface area contributed by atoms with Crippen molar-refractivity contribution in [2.24, 2.45) is 5.92 Å². The van der Waals surface area contributed by atoms with Gasteiger partial charge in [-0.25, -0.2) is 0 Å². The number of hydrogen-bond donors (Lipinski definition) is 2. The second-order valence-corrected chi connectivity index (χ2v) is 5.05. The van der Waals surface area contributed by atoms with Crippen LogP contribution in [0.4, 0.5) is 0 Å². The van der Waals surface area contributed by atoms with Crippen LogP contribution in [0.25, 0.3) is 0 Å². The summed E-state index contributed by atoms with van der Waals surface area (Å²) in [5.41, 5.74) is 2.39. The van der Waals surface area contributed by atoms with Crippen molar-refractivity contribution >= 4 is 11.6 Å². The summed E-state index contributed by atoms with van der Waals surface area (Å²) in [6.45, 7) is 4.28. The minimum absolute atomic E-state index is 0.200. The lowest BCUT2D eigenvalue weighted by Gasteiger charge is -2.23. The lowest BCUT2D eigenvalue weighted by molar-refractivity contribution is 0.375. The number of aryl methyl sites for hydroxylation is 1. The van der Waals surface area contributed by atoms with Crippen LogP contribution in [0.5, 0.6) is 5.75 Å². The zero-order valence-corrected chi connectivity index (χ0v) is 10.3. The maximum atomic E-state index is 9.61. The highest BCUT2D eigenvalue weighted by molar-refractivity contribution is 6.32. The Balaban J connectivity index is 2.11. The van der Waals surface area contributed by atoms with Crippen LogP contribution in [0, 0.1) is 12.8 Å². The fourth-order valence-electron chi connectivity index (χ4n) is 2.33. The van der Waals surface area contributed by atoms with Crippen LogP contribution in [0.1, 0.15) is 24.0 Å². The summed E-state index contributed by atoms with van der Waals surface area (Å²) in [7, 11) is 0. The molecule has 0 radical (unpaired) electrons. The van der Waals surface area contributed by atoms with Gasteiger partial charge in [-0.05, 0) is 68.5 Å². The van der Waals surface area contributed by atoms with E-state index in [2.05, 4.69) is 12.2 Å². The van der Waals surface area contributed by atoms with E-state index in [1.165, 1.54) is 24.0 Å². The molecule has 1 atom stereocenters. The molecule has 1 aromatic carbocycles. The van der Waals surface area contributed by atoms with Gasteiger partial charge in [0.1, 0.15) is 5.75 Å². The van der Waals surface area contributed by atoms with Gasteiger partial charge in [0.15, 0.2) is 0 Å². The van der Waals surface area contributed by atoms with Gasteiger partial charge in [0.2, 0.25) is 0 Å². The van der Waals surface area contributed by atoms with Gasteiger partial charge < -0.3 is 10.4 Å². The van der Waals surface area contributed by atoms with Crippen LogP contribution in [0.2, 0.25) is 5.02 Å². The Hall–Kier alpha value is -0.730. The largest absolute Gasteiger partial charge is 0.506 e. The Bertz CT molecular complexity index is 372. The van der Waals surface area contributed by atoms with Gasteiger partial charge in [-0.1, -0.05) is 11.6 Å². The molecular formula is C13H18ClNO. The monoisotopic (exact) mass is 239 g/mol. The molecule has 0 aromatic heterocycles. The second kappa shape index (κ2) is 5.07. The number of phenols is 1. The first kappa shape index (κ1) is 11.7. The fraction of sp³-hybridized carbons (Fsp3) is 0.538. The van der Waals surface area contributed by atoms with E-state index in [-0.39, 0.29) is 5.75 Å². The van der Waals surface area contributed by atoms with Gasteiger partial charge in [-0.2, -0.15) is 0 Å². The van der Waals surface area contributed by atoms with Crippen molar-refractivity contribution in [2.75, 3.05) is 13.1 Å². The van der Waals surface area contributed by atoms with Crippen LogP contribution < -0.4 is 5.32 Å². The van der Waals surface area contributed by atoms with Crippen LogP contribution in [0.3, 0.4) is 0 Å². The molecule has 1 unspecified atom stereocenters. The number of aromatic hydroxyl groups is 1. The smallest absolute Gasteiger partial charge is 0.134 e. The Morgan fingerprint density at radius 2 is 2.31 bits per heavy atom. The van der Waals surface area contributed by atoms with Crippen molar-refractivity contribution in [2.45, 2.75) is 26.2 Å². The van der Waals surface area contributed by atoms with Crippen molar-refractivity contribution in [3.05, 3.63) is 28.3 Å². The molecule has 2 N–H and O–H groups in total. The molecule has 0 aliphatic carbocycles. The third-order valence-electron chi connectivity index (χ3n) is 3.31. The van der Waals surface area contributed by atoms with Gasteiger partial charge in [0, 0.05) is 0 Å². The Kier molecular flexibility index (Phi) is 3.72. The molecule has 1 aliphatic rings. The van der Waals surface area contributed by atoms with Gasteiger partial charge in [-0.15, -0.1) is 0 Å². The molecule has 1 saturated heterocycles. The number of phenolic OH excluding ortho intramolecular Hbond substituents is 1. The predicted octanol–water partition coefficient (Wildman–Crippen LogP) is 2.90. The number of benzene rings is 1. The molecule has 1 aromatic rings. The summed E-state index contributed by atoms with van der Waals surface area (Å²) in [5, 5.41) is 13.5. The van der Waals surface area contributed by atoms with Gasteiger partial charge >= 0.3 is 0 Å². The molecule has 1 heterocycles. The van der Waals surface area contributed by atoms with E-state index in [1.54, 1.807) is 0 Å². The minimum atomic E-state index is 0.200. The maximum Gasteiger partial charge on any atom is 0.134 e. The Morgan fingerprint density at radius 1 is 1.50 bits per heavy atom. The molecule has 1 aliphatic heterocycles. The number of rotatable bonds is 2. The van der Waals surface area contributed by atoms with Crippen molar-refractivity contribution in [1.29, 1.82) is 0 Å². The van der Waals surface area contributed by atoms with Crippen LogP contribution in [0.15, 0.2) is 12.1 Å². The first-order chi connectivity index (χ1) is 7.66. The van der Waals surface area contributed by atoms with Gasteiger partial charge in [0.05, 0.1) is 5.02 Å². The van der Waals surface area contributed by atoms with Crippen molar-refractivity contribution in [1.82, 2.24) is 5.32 Å². The Labute approximate surface area is 102 Å². The van der Waals surface area contributed by atoms with E-state index in [4.69, 9.17) is 11.6 Å². The van der Waals surface area contributed by atoms with Crippen LogP contribution in [-0.4, -0.2) is 18.2 Å². The summed E-state index contributed by atoms with van der Waals surface area (Å²) in [5.74, 6) is 0.888. The average Bonchev–Trinajstić information content (AvgIpc) is 2.27. The highest BCUT2D eigenvalue weighted by atomic mass is 35.5. The van der Waals surface area contributed by atoms with Crippen LogP contribution in [-0.2, 0) is 6.42 Å². The first-order valence-corrected chi connectivity index (χ1v) is 6.23. The van der Waals surface area contributed by atoms with Crippen molar-refractivity contribution < 1.29 is 5.11 Å². The quantitative estimate of drug-likeness (QED) is 0.832. The fourth-order valence-corrected chi connectivity index (χ4v) is 2.55. The lowest BCUT2D eigenvalue weighted by Crippen LogP contribution is -2.30.